The highest BCUT2D eigenvalue weighted by atomic mass is 35.5. The molecule has 1 fully saturated rings. The highest BCUT2D eigenvalue weighted by molar-refractivity contribution is 7.92. The maximum Gasteiger partial charge on any atom is 0.264 e. The number of rotatable bonds is 10. The van der Waals surface area contributed by atoms with Gasteiger partial charge in [-0.3, -0.25) is 13.9 Å². The molecule has 0 radical (unpaired) electrons. The maximum atomic E-state index is 14.2. The van der Waals surface area contributed by atoms with Crippen LogP contribution in [-0.4, -0.2) is 43.8 Å². The molecule has 1 N–H and O–H groups in total. The van der Waals surface area contributed by atoms with Crippen LogP contribution in [0.25, 0.3) is 0 Å². The molecule has 4 rings (SSSR count). The summed E-state index contributed by atoms with van der Waals surface area (Å²) in [5.74, 6) is -0.861. The third kappa shape index (κ3) is 7.46. The van der Waals surface area contributed by atoms with Crippen LogP contribution in [0.4, 0.5) is 5.69 Å². The van der Waals surface area contributed by atoms with Crippen molar-refractivity contribution in [2.24, 2.45) is 0 Å². The molecule has 2 amide bonds. The van der Waals surface area contributed by atoms with Crippen LogP contribution in [-0.2, 0) is 26.2 Å². The van der Waals surface area contributed by atoms with Gasteiger partial charge in [0, 0.05) is 28.2 Å². The normalized spacial score (nSPS) is 14.7. The number of aryl methyl sites for hydroxylation is 2. The van der Waals surface area contributed by atoms with Gasteiger partial charge < -0.3 is 10.2 Å². The van der Waals surface area contributed by atoms with Gasteiger partial charge in [-0.1, -0.05) is 78.9 Å². The van der Waals surface area contributed by atoms with Crippen LogP contribution < -0.4 is 9.62 Å². The SMILES string of the molecule is Cc1ccc(C)c(N(CC(=O)N(Cc2c(Cl)cccc2Cl)C(C)C(=O)NC2CCCCC2)S(=O)(=O)c2ccccc2)c1. The first-order valence-corrected chi connectivity index (χ1v) is 16.4. The minimum Gasteiger partial charge on any atom is -0.352 e. The lowest BCUT2D eigenvalue weighted by molar-refractivity contribution is -0.139. The Morgan fingerprint density at radius 2 is 1.57 bits per heavy atom. The number of nitrogens with one attached hydrogen (secondary N) is 1. The van der Waals surface area contributed by atoms with Crippen LogP contribution in [0.3, 0.4) is 0 Å². The van der Waals surface area contributed by atoms with Crippen LogP contribution in [0.1, 0.15) is 55.7 Å². The Labute approximate surface area is 258 Å². The van der Waals surface area contributed by atoms with Crippen LogP contribution in [0.15, 0.2) is 71.6 Å². The van der Waals surface area contributed by atoms with Crippen molar-refractivity contribution in [3.63, 3.8) is 0 Å². The van der Waals surface area contributed by atoms with E-state index in [4.69, 9.17) is 23.2 Å². The molecule has 1 unspecified atom stereocenters. The van der Waals surface area contributed by atoms with Crippen molar-refractivity contribution in [3.8, 4) is 0 Å². The molecular weight excluding hydrogens is 593 g/mol. The Morgan fingerprint density at radius 3 is 2.21 bits per heavy atom. The summed E-state index contributed by atoms with van der Waals surface area (Å²) in [7, 11) is -4.15. The first-order chi connectivity index (χ1) is 20.0. The molecule has 7 nitrogen and oxygen atoms in total. The molecule has 1 atom stereocenters. The fourth-order valence-electron chi connectivity index (χ4n) is 5.23. The van der Waals surface area contributed by atoms with E-state index >= 15 is 0 Å². The summed E-state index contributed by atoms with van der Waals surface area (Å²) < 4.78 is 29.2. The van der Waals surface area contributed by atoms with E-state index in [1.165, 1.54) is 17.0 Å². The summed E-state index contributed by atoms with van der Waals surface area (Å²) in [4.78, 5) is 29.1. The molecule has 10 heteroatoms. The van der Waals surface area contributed by atoms with Gasteiger partial charge in [-0.25, -0.2) is 8.42 Å². The van der Waals surface area contributed by atoms with Gasteiger partial charge in [0.1, 0.15) is 12.6 Å². The second kappa shape index (κ2) is 13.9. The largest absolute Gasteiger partial charge is 0.352 e. The number of carbonyl (C=O) groups is 2. The lowest BCUT2D eigenvalue weighted by Crippen LogP contribution is -2.53. The lowest BCUT2D eigenvalue weighted by Gasteiger charge is -2.34. The van der Waals surface area contributed by atoms with E-state index in [9.17, 15) is 18.0 Å². The van der Waals surface area contributed by atoms with Crippen molar-refractivity contribution in [3.05, 3.63) is 93.5 Å². The van der Waals surface area contributed by atoms with E-state index in [2.05, 4.69) is 5.32 Å². The minimum absolute atomic E-state index is 0.0412. The summed E-state index contributed by atoms with van der Waals surface area (Å²) in [6, 6.07) is 17.6. The summed E-state index contributed by atoms with van der Waals surface area (Å²) in [6.45, 7) is 4.72. The van der Waals surface area contributed by atoms with E-state index in [-0.39, 0.29) is 23.4 Å². The molecule has 3 aromatic rings. The Hall–Kier alpha value is -3.07. The van der Waals surface area contributed by atoms with E-state index in [0.29, 0.717) is 26.9 Å². The Balaban J connectivity index is 1.73. The Morgan fingerprint density at radius 1 is 0.929 bits per heavy atom. The monoisotopic (exact) mass is 629 g/mol. The topological polar surface area (TPSA) is 86.8 Å². The molecule has 3 aromatic carbocycles. The zero-order chi connectivity index (χ0) is 30.4. The van der Waals surface area contributed by atoms with Crippen LogP contribution >= 0.6 is 23.2 Å². The van der Waals surface area contributed by atoms with Crippen molar-refractivity contribution < 1.29 is 18.0 Å². The predicted molar refractivity (Wildman–Crippen MR) is 168 cm³/mol. The number of halogens is 2. The van der Waals surface area contributed by atoms with Gasteiger partial charge in [0.05, 0.1) is 10.6 Å². The average molecular weight is 631 g/mol. The van der Waals surface area contributed by atoms with Crippen molar-refractivity contribution in [1.82, 2.24) is 10.2 Å². The third-order valence-corrected chi connectivity index (χ3v) is 10.2. The fraction of sp³-hybridized carbons (Fsp3) is 0.375. The number of hydrogen-bond acceptors (Lipinski definition) is 4. The second-order valence-corrected chi connectivity index (χ2v) is 13.5. The fourth-order valence-corrected chi connectivity index (χ4v) is 7.23. The molecule has 0 bridgehead atoms. The maximum absolute atomic E-state index is 14.2. The Bertz CT molecular complexity index is 1510. The van der Waals surface area contributed by atoms with Crippen LogP contribution in [0.5, 0.6) is 0 Å². The van der Waals surface area contributed by atoms with Gasteiger partial charge in [0.15, 0.2) is 0 Å². The smallest absolute Gasteiger partial charge is 0.264 e. The van der Waals surface area contributed by atoms with Gasteiger partial charge in [-0.2, -0.15) is 0 Å². The summed E-state index contributed by atoms with van der Waals surface area (Å²) >= 11 is 13.0. The first-order valence-electron chi connectivity index (χ1n) is 14.2. The highest BCUT2D eigenvalue weighted by Gasteiger charge is 2.34. The van der Waals surface area contributed by atoms with Gasteiger partial charge in [-0.15, -0.1) is 0 Å². The second-order valence-electron chi connectivity index (χ2n) is 10.9. The zero-order valence-electron chi connectivity index (χ0n) is 24.1. The lowest BCUT2D eigenvalue weighted by atomic mass is 9.95. The predicted octanol–water partition coefficient (Wildman–Crippen LogP) is 6.67. The number of hydrogen-bond donors (Lipinski definition) is 1. The van der Waals surface area contributed by atoms with Gasteiger partial charge >= 0.3 is 0 Å². The summed E-state index contributed by atoms with van der Waals surface area (Å²) in [5, 5.41) is 3.80. The molecule has 1 aliphatic carbocycles. The minimum atomic E-state index is -4.15. The number of nitrogens with zero attached hydrogens (tertiary/aromatic N) is 2. The average Bonchev–Trinajstić information content (AvgIpc) is 2.97. The van der Waals surface area contributed by atoms with Crippen molar-refractivity contribution in [2.45, 2.75) is 76.4 Å². The van der Waals surface area contributed by atoms with Crippen LogP contribution in [0.2, 0.25) is 10.0 Å². The van der Waals surface area contributed by atoms with Gasteiger partial charge in [-0.05, 0) is 75.1 Å². The number of sulfonamides is 1. The number of anilines is 1. The third-order valence-electron chi connectivity index (χ3n) is 7.75. The van der Waals surface area contributed by atoms with Gasteiger partial charge in [0.2, 0.25) is 11.8 Å². The summed E-state index contributed by atoms with van der Waals surface area (Å²) in [6.07, 6.45) is 5.00. The number of carbonyl (C=O) groups excluding carboxylic acids is 2. The van der Waals surface area contributed by atoms with E-state index in [0.717, 1.165) is 42.0 Å². The molecule has 224 valence electrons. The van der Waals surface area contributed by atoms with Gasteiger partial charge in [0.25, 0.3) is 10.0 Å². The first kappa shape index (κ1) is 31.9. The molecule has 0 aromatic heterocycles. The molecule has 42 heavy (non-hydrogen) atoms. The highest BCUT2D eigenvalue weighted by Crippen LogP contribution is 2.30. The number of amides is 2. The van der Waals surface area contributed by atoms with E-state index in [1.807, 2.05) is 19.1 Å². The van der Waals surface area contributed by atoms with Crippen molar-refractivity contribution in [1.29, 1.82) is 0 Å². The zero-order valence-corrected chi connectivity index (χ0v) is 26.5. The molecule has 0 spiro atoms. The molecule has 0 saturated heterocycles. The molecule has 0 heterocycles. The van der Waals surface area contributed by atoms with Crippen molar-refractivity contribution >= 4 is 50.7 Å². The van der Waals surface area contributed by atoms with Crippen molar-refractivity contribution in [2.75, 3.05) is 10.8 Å². The summed E-state index contributed by atoms with van der Waals surface area (Å²) in [5.41, 5.74) is 2.41. The molecule has 1 aliphatic rings. The quantitative estimate of drug-likeness (QED) is 0.271. The van der Waals surface area contributed by atoms with E-state index < -0.39 is 28.5 Å². The molecule has 1 saturated carbocycles. The molecule has 0 aliphatic heterocycles. The molecular formula is C32H37Cl2N3O4S. The number of benzene rings is 3. The standard InChI is InChI=1S/C32H37Cl2N3O4S/c1-22-17-18-23(2)30(19-22)37(42(40,41)26-13-8-5-9-14-26)21-31(38)36(20-27-28(33)15-10-16-29(27)34)24(3)32(39)35-25-11-6-4-7-12-25/h5,8-10,13-19,24-25H,4,6-7,11-12,20-21H2,1-3H3,(H,35,39). The van der Waals surface area contributed by atoms with Crippen LogP contribution in [0, 0.1) is 13.8 Å². The Kier molecular flexibility index (Phi) is 10.6. The van der Waals surface area contributed by atoms with E-state index in [1.54, 1.807) is 56.3 Å².